The van der Waals surface area contributed by atoms with E-state index in [1.165, 1.54) is 5.56 Å². The largest absolute Gasteiger partial charge is 0.338 e. The van der Waals surface area contributed by atoms with Gasteiger partial charge in [0.1, 0.15) is 0 Å². The maximum absolute atomic E-state index is 12.0. The second-order valence-corrected chi connectivity index (χ2v) is 5.70. The van der Waals surface area contributed by atoms with Crippen LogP contribution in [-0.4, -0.2) is 17.4 Å². The van der Waals surface area contributed by atoms with Crippen LogP contribution in [0.25, 0.3) is 0 Å². The Hall–Kier alpha value is -0.830. The second-order valence-electron chi connectivity index (χ2n) is 4.84. The highest BCUT2D eigenvalue weighted by Crippen LogP contribution is 2.41. The topological polar surface area (TPSA) is 20.3 Å². The van der Waals surface area contributed by atoms with Crippen LogP contribution in [0.2, 0.25) is 0 Å². The molecule has 0 radical (unpaired) electrons. The van der Waals surface area contributed by atoms with Crippen molar-refractivity contribution in [3.05, 3.63) is 34.3 Å². The molecule has 0 spiro atoms. The third-order valence-corrected chi connectivity index (χ3v) is 4.47. The van der Waals surface area contributed by atoms with Gasteiger partial charge in [-0.1, -0.05) is 34.1 Å². The van der Waals surface area contributed by atoms with Crippen molar-refractivity contribution in [2.45, 2.75) is 19.4 Å². The maximum Gasteiger partial charge on any atom is 0.226 e. The number of carbonyl (C=O) groups is 1. The molecule has 1 aliphatic carbocycles. The predicted octanol–water partition coefficient (Wildman–Crippen LogP) is 2.82. The van der Waals surface area contributed by atoms with Crippen molar-refractivity contribution in [3.8, 4) is 0 Å². The molecule has 2 bridgehead atoms. The summed E-state index contributed by atoms with van der Waals surface area (Å²) in [6.07, 6.45) is 2.26. The van der Waals surface area contributed by atoms with Crippen LogP contribution in [0.1, 0.15) is 18.4 Å². The smallest absolute Gasteiger partial charge is 0.226 e. The Morgan fingerprint density at radius 3 is 2.75 bits per heavy atom. The number of amides is 1. The summed E-state index contributed by atoms with van der Waals surface area (Å²) in [6, 6.07) is 8.14. The molecule has 2 saturated heterocycles. The molecule has 0 unspecified atom stereocenters. The van der Waals surface area contributed by atoms with Gasteiger partial charge in [-0.2, -0.15) is 0 Å². The number of benzene rings is 1. The van der Waals surface area contributed by atoms with Crippen molar-refractivity contribution in [1.29, 1.82) is 0 Å². The Kier molecular flexibility index (Phi) is 2.51. The van der Waals surface area contributed by atoms with Crippen LogP contribution in [-0.2, 0) is 11.3 Å². The van der Waals surface area contributed by atoms with Gasteiger partial charge in [0.25, 0.3) is 0 Å². The Balaban J connectivity index is 1.75. The van der Waals surface area contributed by atoms with Crippen molar-refractivity contribution in [2.75, 3.05) is 6.54 Å². The first kappa shape index (κ1) is 10.3. The third-order valence-electron chi connectivity index (χ3n) is 3.69. The summed E-state index contributed by atoms with van der Waals surface area (Å²) >= 11 is 3.53. The summed E-state index contributed by atoms with van der Waals surface area (Å²) < 4.78 is 1.10. The molecule has 3 fully saturated rings. The predicted molar refractivity (Wildman–Crippen MR) is 65.8 cm³/mol. The van der Waals surface area contributed by atoms with Crippen molar-refractivity contribution in [3.63, 3.8) is 0 Å². The van der Waals surface area contributed by atoms with Crippen molar-refractivity contribution < 1.29 is 4.79 Å². The van der Waals surface area contributed by atoms with Gasteiger partial charge in [0, 0.05) is 23.5 Å². The van der Waals surface area contributed by atoms with E-state index < -0.39 is 0 Å². The van der Waals surface area contributed by atoms with Gasteiger partial charge in [-0.15, -0.1) is 0 Å². The minimum Gasteiger partial charge on any atom is -0.338 e. The van der Waals surface area contributed by atoms with Gasteiger partial charge < -0.3 is 4.90 Å². The molecule has 4 rings (SSSR count). The minimum absolute atomic E-state index is 0.334. The lowest BCUT2D eigenvalue weighted by Gasteiger charge is -2.46. The average molecular weight is 280 g/mol. The quantitative estimate of drug-likeness (QED) is 0.815. The zero-order valence-electron chi connectivity index (χ0n) is 9.03. The van der Waals surface area contributed by atoms with E-state index >= 15 is 0 Å². The number of carbonyl (C=O) groups excluding carboxylic acids is 1. The first-order chi connectivity index (χ1) is 7.74. The van der Waals surface area contributed by atoms with Crippen LogP contribution in [0, 0.1) is 11.8 Å². The van der Waals surface area contributed by atoms with Crippen LogP contribution < -0.4 is 0 Å². The molecule has 1 amide bonds. The fourth-order valence-electron chi connectivity index (χ4n) is 2.72. The zero-order valence-corrected chi connectivity index (χ0v) is 10.6. The van der Waals surface area contributed by atoms with Crippen LogP contribution in [0.15, 0.2) is 28.7 Å². The van der Waals surface area contributed by atoms with Crippen LogP contribution in [0.5, 0.6) is 0 Å². The lowest BCUT2D eigenvalue weighted by Crippen LogP contribution is -2.52. The average Bonchev–Trinajstić information content (AvgIpc) is 2.22. The van der Waals surface area contributed by atoms with Crippen molar-refractivity contribution in [1.82, 2.24) is 4.90 Å². The number of piperidine rings is 2. The summed E-state index contributed by atoms with van der Waals surface area (Å²) in [4.78, 5) is 14.0. The summed E-state index contributed by atoms with van der Waals surface area (Å²) in [5, 5.41) is 0. The Labute approximate surface area is 104 Å². The number of halogens is 1. The van der Waals surface area contributed by atoms with E-state index in [9.17, 15) is 4.79 Å². The van der Waals surface area contributed by atoms with Gasteiger partial charge in [0.05, 0.1) is 0 Å². The normalized spacial score (nSPS) is 27.8. The van der Waals surface area contributed by atoms with E-state index in [0.29, 0.717) is 11.8 Å². The fraction of sp³-hybridized carbons (Fsp3) is 0.462. The molecule has 3 aliphatic rings. The molecule has 0 atom stereocenters. The van der Waals surface area contributed by atoms with Crippen LogP contribution >= 0.6 is 15.9 Å². The molecule has 0 N–H and O–H groups in total. The molecule has 2 heterocycles. The summed E-state index contributed by atoms with van der Waals surface area (Å²) in [6.45, 7) is 1.71. The number of hydrogen-bond donors (Lipinski definition) is 0. The molecule has 3 heteroatoms. The SMILES string of the molecule is O=C1C2CC(C2)CN1Cc1ccccc1Br. The first-order valence-electron chi connectivity index (χ1n) is 5.76. The van der Waals surface area contributed by atoms with Gasteiger partial charge in [0.15, 0.2) is 0 Å². The van der Waals surface area contributed by atoms with Gasteiger partial charge in [-0.3, -0.25) is 4.79 Å². The van der Waals surface area contributed by atoms with E-state index in [1.54, 1.807) is 0 Å². The molecule has 16 heavy (non-hydrogen) atoms. The minimum atomic E-state index is 0.334. The number of hydrogen-bond acceptors (Lipinski definition) is 1. The molecule has 84 valence electrons. The van der Waals surface area contributed by atoms with E-state index in [0.717, 1.165) is 36.3 Å². The number of rotatable bonds is 2. The lowest BCUT2D eigenvalue weighted by atomic mass is 9.70. The summed E-state index contributed by atoms with van der Waals surface area (Å²) in [5.41, 5.74) is 1.21. The number of fused-ring (bicyclic) bond motifs is 2. The molecular formula is C13H14BrNO. The standard InChI is InChI=1S/C13H14BrNO/c14-12-4-2-1-3-10(12)8-15-7-9-5-11(6-9)13(15)16/h1-4,9,11H,5-8H2. The van der Waals surface area contributed by atoms with E-state index in [2.05, 4.69) is 22.0 Å². The van der Waals surface area contributed by atoms with E-state index in [-0.39, 0.29) is 0 Å². The zero-order chi connectivity index (χ0) is 11.1. The van der Waals surface area contributed by atoms with E-state index in [1.807, 2.05) is 23.1 Å². The highest BCUT2D eigenvalue weighted by Gasteiger charge is 2.43. The van der Waals surface area contributed by atoms with Gasteiger partial charge in [-0.05, 0) is 30.4 Å². The summed E-state index contributed by atoms with van der Waals surface area (Å²) in [5.74, 6) is 1.46. The fourth-order valence-corrected chi connectivity index (χ4v) is 3.13. The van der Waals surface area contributed by atoms with Crippen molar-refractivity contribution >= 4 is 21.8 Å². The molecule has 1 saturated carbocycles. The maximum atomic E-state index is 12.0. The number of nitrogens with zero attached hydrogens (tertiary/aromatic N) is 1. The molecule has 2 nitrogen and oxygen atoms in total. The highest BCUT2D eigenvalue weighted by atomic mass is 79.9. The van der Waals surface area contributed by atoms with Crippen molar-refractivity contribution in [2.24, 2.45) is 11.8 Å². The molecular weight excluding hydrogens is 266 g/mol. The molecule has 1 aromatic carbocycles. The monoisotopic (exact) mass is 279 g/mol. The van der Waals surface area contributed by atoms with E-state index in [4.69, 9.17) is 0 Å². The lowest BCUT2D eigenvalue weighted by molar-refractivity contribution is -0.149. The van der Waals surface area contributed by atoms with Gasteiger partial charge in [0.2, 0.25) is 5.91 Å². The molecule has 1 aromatic rings. The first-order valence-corrected chi connectivity index (χ1v) is 6.55. The molecule has 0 aromatic heterocycles. The van der Waals surface area contributed by atoms with Crippen LogP contribution in [0.4, 0.5) is 0 Å². The Bertz CT molecular complexity index is 426. The third kappa shape index (κ3) is 1.67. The Morgan fingerprint density at radius 2 is 2.06 bits per heavy atom. The highest BCUT2D eigenvalue weighted by molar-refractivity contribution is 9.10. The Morgan fingerprint density at radius 1 is 1.31 bits per heavy atom. The van der Waals surface area contributed by atoms with Crippen LogP contribution in [0.3, 0.4) is 0 Å². The second kappa shape index (κ2) is 3.88. The summed E-state index contributed by atoms with van der Waals surface area (Å²) in [7, 11) is 0. The molecule has 2 aliphatic heterocycles. The van der Waals surface area contributed by atoms with Gasteiger partial charge >= 0.3 is 0 Å². The van der Waals surface area contributed by atoms with Gasteiger partial charge in [-0.25, -0.2) is 0 Å².